The number of hydrogen-bond acceptors (Lipinski definition) is 5. The van der Waals surface area contributed by atoms with Gasteiger partial charge in [-0.3, -0.25) is 0 Å². The molecule has 4 atom stereocenters. The van der Waals surface area contributed by atoms with Gasteiger partial charge in [-0.2, -0.15) is 0 Å². The largest absolute Gasteiger partial charge is 0.388 e. The molecule has 1 heterocycles. The van der Waals surface area contributed by atoms with Crippen LogP contribution in [0.25, 0.3) is 0 Å². The third kappa shape index (κ3) is 10.3. The van der Waals surface area contributed by atoms with E-state index in [1.165, 1.54) is 57.8 Å². The van der Waals surface area contributed by atoms with E-state index in [0.717, 1.165) is 6.42 Å². The van der Waals surface area contributed by atoms with Gasteiger partial charge in [-0.25, -0.2) is 0 Å². The van der Waals surface area contributed by atoms with E-state index < -0.39 is 24.4 Å². The van der Waals surface area contributed by atoms with E-state index in [1.807, 2.05) is 6.08 Å². The molecule has 1 saturated heterocycles. The lowest BCUT2D eigenvalue weighted by Gasteiger charge is -2.20. The summed E-state index contributed by atoms with van der Waals surface area (Å²) in [5.74, 6) is 0. The third-order valence-electron chi connectivity index (χ3n) is 4.71. The van der Waals surface area contributed by atoms with Gasteiger partial charge >= 0.3 is 0 Å². The second-order valence-corrected chi connectivity index (χ2v) is 7.05. The van der Waals surface area contributed by atoms with Crippen molar-refractivity contribution in [3.05, 3.63) is 12.2 Å². The molecule has 1 rings (SSSR count). The second-order valence-electron chi connectivity index (χ2n) is 7.05. The van der Waals surface area contributed by atoms with E-state index in [1.54, 1.807) is 0 Å². The van der Waals surface area contributed by atoms with Crippen LogP contribution in [0, 0.1) is 0 Å². The summed E-state index contributed by atoms with van der Waals surface area (Å²) in [6.07, 6.45) is 13.6. The third-order valence-corrected chi connectivity index (χ3v) is 4.71. The zero-order chi connectivity index (χ0) is 18.3. The molecule has 0 aromatic heterocycles. The topological polar surface area (TPSA) is 79.2 Å². The van der Waals surface area contributed by atoms with Crippen LogP contribution in [0.2, 0.25) is 0 Å². The Morgan fingerprint density at radius 1 is 1.00 bits per heavy atom. The van der Waals surface area contributed by atoms with Gasteiger partial charge < -0.3 is 24.8 Å². The van der Waals surface area contributed by atoms with Crippen LogP contribution in [-0.4, -0.2) is 59.6 Å². The summed E-state index contributed by atoms with van der Waals surface area (Å²) < 4.78 is 10.5. The fraction of sp³-hybridized carbons (Fsp3) is 0.900. The minimum atomic E-state index is -1.04. The first-order valence-electron chi connectivity index (χ1n) is 10.0. The normalized spacial score (nSPS) is 25.0. The Hall–Kier alpha value is -0.460. The molecule has 0 bridgehead atoms. The number of hydrogen-bond donors (Lipinski definition) is 3. The maximum absolute atomic E-state index is 9.88. The molecule has 1 aliphatic heterocycles. The highest BCUT2D eigenvalue weighted by molar-refractivity contribution is 4.88. The van der Waals surface area contributed by atoms with E-state index in [4.69, 9.17) is 9.47 Å². The predicted octanol–water partition coefficient (Wildman–Crippen LogP) is 2.96. The Morgan fingerprint density at radius 3 is 2.24 bits per heavy atom. The Kier molecular flexibility index (Phi) is 13.3. The van der Waals surface area contributed by atoms with E-state index >= 15 is 0 Å². The van der Waals surface area contributed by atoms with Gasteiger partial charge in [-0.1, -0.05) is 70.4 Å². The summed E-state index contributed by atoms with van der Waals surface area (Å²) in [6, 6.07) is 0. The second kappa shape index (κ2) is 14.7. The lowest BCUT2D eigenvalue weighted by molar-refractivity contribution is -0.0782. The summed E-state index contributed by atoms with van der Waals surface area (Å²) in [5, 5.41) is 28.9. The van der Waals surface area contributed by atoms with Gasteiger partial charge in [0, 0.05) is 0 Å². The average molecular weight is 359 g/mol. The molecule has 25 heavy (non-hydrogen) atoms. The van der Waals surface area contributed by atoms with Crippen LogP contribution in [-0.2, 0) is 9.47 Å². The van der Waals surface area contributed by atoms with Gasteiger partial charge in [-0.15, -0.1) is 0 Å². The highest BCUT2D eigenvalue weighted by atomic mass is 16.5. The number of ether oxygens (including phenoxy) is 2. The Balaban J connectivity index is 1.87. The van der Waals surface area contributed by atoms with Crippen LogP contribution in [0.5, 0.6) is 0 Å². The highest BCUT2D eigenvalue weighted by Gasteiger charge is 2.39. The summed E-state index contributed by atoms with van der Waals surface area (Å²) in [6.45, 7) is 2.85. The Labute approximate surface area is 153 Å². The van der Waals surface area contributed by atoms with E-state index in [0.29, 0.717) is 6.61 Å². The standard InChI is InChI=1S/C20H38O5/c1-2-3-4-5-6-7-8-9-10-11-12-13-14-24-15-18(22)20-19(23)17(21)16-25-20/h12-13,17-23H,2-11,14-16H2,1H3/b13-12+/t17-,18+,19+,20+/m0/s1. The van der Waals surface area contributed by atoms with Crippen molar-refractivity contribution in [1.29, 1.82) is 0 Å². The van der Waals surface area contributed by atoms with Crippen LogP contribution in [0.1, 0.15) is 71.1 Å². The lowest BCUT2D eigenvalue weighted by atomic mass is 10.1. The number of aliphatic hydroxyl groups is 3. The number of unbranched alkanes of at least 4 members (excludes halogenated alkanes) is 9. The van der Waals surface area contributed by atoms with Gasteiger partial charge in [0.2, 0.25) is 0 Å². The van der Waals surface area contributed by atoms with E-state index in [2.05, 4.69) is 13.0 Å². The first-order valence-corrected chi connectivity index (χ1v) is 10.0. The average Bonchev–Trinajstić information content (AvgIpc) is 2.94. The maximum Gasteiger partial charge on any atom is 0.114 e. The van der Waals surface area contributed by atoms with Crippen molar-refractivity contribution >= 4 is 0 Å². The van der Waals surface area contributed by atoms with Crippen molar-refractivity contribution < 1.29 is 24.8 Å². The van der Waals surface area contributed by atoms with Gasteiger partial charge in [0.25, 0.3) is 0 Å². The van der Waals surface area contributed by atoms with Crippen LogP contribution in [0.15, 0.2) is 12.2 Å². The number of aliphatic hydroxyl groups excluding tert-OH is 3. The fourth-order valence-corrected chi connectivity index (χ4v) is 3.07. The van der Waals surface area contributed by atoms with Gasteiger partial charge in [0.15, 0.2) is 0 Å². The van der Waals surface area contributed by atoms with E-state index in [9.17, 15) is 15.3 Å². The molecule has 0 aromatic carbocycles. The monoisotopic (exact) mass is 358 g/mol. The van der Waals surface area contributed by atoms with Gasteiger partial charge in [0.05, 0.1) is 19.8 Å². The molecule has 5 heteroatoms. The zero-order valence-corrected chi connectivity index (χ0v) is 15.8. The molecule has 0 aromatic rings. The molecule has 1 aliphatic rings. The first kappa shape index (κ1) is 22.6. The summed E-state index contributed by atoms with van der Waals surface area (Å²) in [5.41, 5.74) is 0. The molecule has 3 N–H and O–H groups in total. The molecule has 5 nitrogen and oxygen atoms in total. The smallest absolute Gasteiger partial charge is 0.114 e. The number of allylic oxidation sites excluding steroid dienone is 1. The number of rotatable bonds is 15. The first-order chi connectivity index (χ1) is 12.2. The van der Waals surface area contributed by atoms with Gasteiger partial charge in [0.1, 0.15) is 24.4 Å². The van der Waals surface area contributed by atoms with E-state index in [-0.39, 0.29) is 13.2 Å². The van der Waals surface area contributed by atoms with Crippen molar-refractivity contribution in [3.63, 3.8) is 0 Å². The van der Waals surface area contributed by atoms with Gasteiger partial charge in [-0.05, 0) is 12.8 Å². The van der Waals surface area contributed by atoms with Crippen LogP contribution in [0.3, 0.4) is 0 Å². The van der Waals surface area contributed by atoms with Crippen LogP contribution >= 0.6 is 0 Å². The maximum atomic E-state index is 9.88. The molecule has 1 fully saturated rings. The minimum Gasteiger partial charge on any atom is -0.388 e. The highest BCUT2D eigenvalue weighted by Crippen LogP contribution is 2.17. The SMILES string of the molecule is CCCCCCCCCCC/C=C/COC[C@@H](O)[C@H]1OC[C@H](O)[C@H]1O. The zero-order valence-electron chi connectivity index (χ0n) is 15.8. The molecule has 0 aliphatic carbocycles. The molecule has 0 spiro atoms. The molecule has 148 valence electrons. The lowest BCUT2D eigenvalue weighted by Crippen LogP contribution is -2.40. The van der Waals surface area contributed by atoms with Crippen molar-refractivity contribution in [1.82, 2.24) is 0 Å². The fourth-order valence-electron chi connectivity index (χ4n) is 3.07. The quantitative estimate of drug-likeness (QED) is 0.310. The summed E-state index contributed by atoms with van der Waals surface area (Å²) in [4.78, 5) is 0. The van der Waals surface area contributed by atoms with Crippen LogP contribution < -0.4 is 0 Å². The Morgan fingerprint density at radius 2 is 1.64 bits per heavy atom. The minimum absolute atomic E-state index is 0.0571. The molecule has 0 saturated carbocycles. The summed E-state index contributed by atoms with van der Waals surface area (Å²) >= 11 is 0. The molecule has 0 unspecified atom stereocenters. The molecular formula is C20H38O5. The van der Waals surface area contributed by atoms with Crippen molar-refractivity contribution in [2.75, 3.05) is 19.8 Å². The molecule has 0 amide bonds. The molecular weight excluding hydrogens is 320 g/mol. The van der Waals surface area contributed by atoms with Crippen molar-refractivity contribution in [2.45, 2.75) is 95.5 Å². The Bertz CT molecular complexity index is 334. The molecule has 0 radical (unpaired) electrons. The van der Waals surface area contributed by atoms with Crippen molar-refractivity contribution in [2.24, 2.45) is 0 Å². The van der Waals surface area contributed by atoms with Crippen molar-refractivity contribution in [3.8, 4) is 0 Å². The summed E-state index contributed by atoms with van der Waals surface area (Å²) in [7, 11) is 0. The predicted molar refractivity (Wildman–Crippen MR) is 99.6 cm³/mol. The van der Waals surface area contributed by atoms with Crippen LogP contribution in [0.4, 0.5) is 0 Å².